The minimum Gasteiger partial charge on any atom is -0.298 e. The second-order valence-corrected chi connectivity index (χ2v) is 4.16. The first-order valence-corrected chi connectivity index (χ1v) is 6.10. The molecule has 19 heavy (non-hydrogen) atoms. The van der Waals surface area contributed by atoms with Crippen molar-refractivity contribution in [3.63, 3.8) is 0 Å². The van der Waals surface area contributed by atoms with Gasteiger partial charge in [-0.05, 0) is 24.6 Å². The molecule has 0 bridgehead atoms. The third kappa shape index (κ3) is 3.43. The minimum atomic E-state index is 0.648. The number of allylic oxidation sites excluding steroid dienone is 2. The SMILES string of the molecule is C/C(C=O)=C(\C#Cc1ccccc1)c1ccccc1. The van der Waals surface area contributed by atoms with Gasteiger partial charge >= 0.3 is 0 Å². The van der Waals surface area contributed by atoms with E-state index in [0.29, 0.717) is 5.57 Å². The van der Waals surface area contributed by atoms with E-state index in [4.69, 9.17) is 0 Å². The predicted molar refractivity (Wildman–Crippen MR) is 78.4 cm³/mol. The van der Waals surface area contributed by atoms with Crippen LogP contribution in [0.25, 0.3) is 5.57 Å². The van der Waals surface area contributed by atoms with Crippen molar-refractivity contribution in [3.05, 3.63) is 77.4 Å². The summed E-state index contributed by atoms with van der Waals surface area (Å²) in [6.45, 7) is 1.79. The van der Waals surface area contributed by atoms with Crippen LogP contribution in [-0.2, 0) is 4.79 Å². The molecule has 2 rings (SSSR count). The second-order valence-electron chi connectivity index (χ2n) is 4.16. The van der Waals surface area contributed by atoms with Gasteiger partial charge in [-0.15, -0.1) is 0 Å². The van der Waals surface area contributed by atoms with Crippen molar-refractivity contribution in [2.45, 2.75) is 6.92 Å². The number of benzene rings is 2. The molecule has 92 valence electrons. The van der Waals surface area contributed by atoms with Crippen molar-refractivity contribution in [3.8, 4) is 11.8 Å². The van der Waals surface area contributed by atoms with Gasteiger partial charge in [0.15, 0.2) is 0 Å². The van der Waals surface area contributed by atoms with Gasteiger partial charge in [0.05, 0.1) is 0 Å². The van der Waals surface area contributed by atoms with E-state index in [-0.39, 0.29) is 0 Å². The number of aldehydes is 1. The lowest BCUT2D eigenvalue weighted by atomic mass is 10.0. The van der Waals surface area contributed by atoms with E-state index in [9.17, 15) is 4.79 Å². The second kappa shape index (κ2) is 6.37. The summed E-state index contributed by atoms with van der Waals surface area (Å²) in [5.74, 6) is 6.19. The van der Waals surface area contributed by atoms with Crippen LogP contribution in [-0.4, -0.2) is 6.29 Å². The van der Waals surface area contributed by atoms with Gasteiger partial charge in [-0.2, -0.15) is 0 Å². The highest BCUT2D eigenvalue weighted by atomic mass is 16.1. The molecule has 0 amide bonds. The predicted octanol–water partition coefficient (Wildman–Crippen LogP) is 3.71. The zero-order valence-electron chi connectivity index (χ0n) is 10.8. The zero-order chi connectivity index (χ0) is 13.5. The molecule has 0 atom stereocenters. The van der Waals surface area contributed by atoms with Gasteiger partial charge in [0.2, 0.25) is 0 Å². The van der Waals surface area contributed by atoms with Crippen LogP contribution >= 0.6 is 0 Å². The number of hydrogen-bond donors (Lipinski definition) is 0. The topological polar surface area (TPSA) is 17.1 Å². The zero-order valence-corrected chi connectivity index (χ0v) is 10.8. The summed E-state index contributed by atoms with van der Waals surface area (Å²) < 4.78 is 0. The lowest BCUT2D eigenvalue weighted by Gasteiger charge is -2.01. The molecule has 0 saturated carbocycles. The Morgan fingerprint density at radius 3 is 2.11 bits per heavy atom. The Bertz CT molecular complexity index is 640. The molecule has 0 aliphatic heterocycles. The minimum absolute atomic E-state index is 0.648. The fourth-order valence-electron chi connectivity index (χ4n) is 1.72. The van der Waals surface area contributed by atoms with Gasteiger partial charge in [0, 0.05) is 16.7 Å². The summed E-state index contributed by atoms with van der Waals surface area (Å²) in [7, 11) is 0. The standard InChI is InChI=1S/C18H14O/c1-15(14-19)18(17-10-6-3-7-11-17)13-12-16-8-4-2-5-9-16/h2-11,14H,1H3/b18-15-. The fraction of sp³-hybridized carbons (Fsp3) is 0.0556. The summed E-state index contributed by atoms with van der Waals surface area (Å²) in [4.78, 5) is 11.0. The molecule has 1 nitrogen and oxygen atoms in total. The Morgan fingerprint density at radius 2 is 1.53 bits per heavy atom. The van der Waals surface area contributed by atoms with E-state index in [1.54, 1.807) is 6.92 Å². The van der Waals surface area contributed by atoms with Crippen LogP contribution in [0.3, 0.4) is 0 Å². The molecule has 0 spiro atoms. The van der Waals surface area contributed by atoms with Gasteiger partial charge in [0.1, 0.15) is 6.29 Å². The van der Waals surface area contributed by atoms with Gasteiger partial charge in [-0.1, -0.05) is 60.4 Å². The molecule has 0 aliphatic rings. The molecule has 0 saturated heterocycles. The molecule has 2 aromatic rings. The molecular formula is C18H14O. The molecule has 0 heterocycles. The highest BCUT2D eigenvalue weighted by Crippen LogP contribution is 2.16. The fourth-order valence-corrected chi connectivity index (χ4v) is 1.72. The first kappa shape index (κ1) is 12.9. The van der Waals surface area contributed by atoms with E-state index >= 15 is 0 Å². The van der Waals surface area contributed by atoms with Crippen LogP contribution < -0.4 is 0 Å². The Labute approximate surface area is 113 Å². The van der Waals surface area contributed by atoms with Crippen molar-refractivity contribution < 1.29 is 4.79 Å². The Hall–Kier alpha value is -2.59. The maximum Gasteiger partial charge on any atom is 0.147 e. The molecule has 0 aliphatic carbocycles. The van der Waals surface area contributed by atoms with Crippen LogP contribution in [0.1, 0.15) is 18.1 Å². The van der Waals surface area contributed by atoms with Crippen LogP contribution in [0, 0.1) is 11.8 Å². The average Bonchev–Trinajstić information content (AvgIpc) is 2.49. The molecule has 0 aromatic heterocycles. The van der Waals surface area contributed by atoms with Crippen LogP contribution in [0.5, 0.6) is 0 Å². The van der Waals surface area contributed by atoms with Gasteiger partial charge < -0.3 is 0 Å². The Kier molecular flexibility index (Phi) is 4.31. The van der Waals surface area contributed by atoms with Gasteiger partial charge in [-0.25, -0.2) is 0 Å². The number of rotatable bonds is 2. The normalized spacial score (nSPS) is 11.0. The molecule has 0 radical (unpaired) electrons. The molecule has 2 aromatic carbocycles. The van der Waals surface area contributed by atoms with Crippen molar-refractivity contribution in [2.24, 2.45) is 0 Å². The molecule has 0 unspecified atom stereocenters. The van der Waals surface area contributed by atoms with Gasteiger partial charge in [0.25, 0.3) is 0 Å². The van der Waals surface area contributed by atoms with Crippen LogP contribution in [0.15, 0.2) is 66.2 Å². The highest BCUT2D eigenvalue weighted by Gasteiger charge is 2.01. The molecule has 1 heteroatoms. The smallest absolute Gasteiger partial charge is 0.147 e. The van der Waals surface area contributed by atoms with E-state index in [1.165, 1.54) is 0 Å². The van der Waals surface area contributed by atoms with Crippen LogP contribution in [0.2, 0.25) is 0 Å². The maximum atomic E-state index is 11.0. The summed E-state index contributed by atoms with van der Waals surface area (Å²) in [6.07, 6.45) is 0.849. The van der Waals surface area contributed by atoms with Crippen molar-refractivity contribution in [1.82, 2.24) is 0 Å². The van der Waals surface area contributed by atoms with Gasteiger partial charge in [-0.3, -0.25) is 4.79 Å². The first-order chi connectivity index (χ1) is 9.31. The van der Waals surface area contributed by atoms with Crippen molar-refractivity contribution in [2.75, 3.05) is 0 Å². The number of carbonyl (C=O) groups excluding carboxylic acids is 1. The van der Waals surface area contributed by atoms with Crippen LogP contribution in [0.4, 0.5) is 0 Å². The highest BCUT2D eigenvalue weighted by molar-refractivity contribution is 5.94. The third-order valence-electron chi connectivity index (χ3n) is 2.74. The monoisotopic (exact) mass is 246 g/mol. The van der Waals surface area contributed by atoms with Crippen molar-refractivity contribution >= 4 is 11.9 Å². The van der Waals surface area contributed by atoms with E-state index in [0.717, 1.165) is 23.0 Å². The lowest BCUT2D eigenvalue weighted by molar-refractivity contribution is -0.104. The number of carbonyl (C=O) groups is 1. The number of hydrogen-bond acceptors (Lipinski definition) is 1. The molecule has 0 N–H and O–H groups in total. The van der Waals surface area contributed by atoms with Crippen molar-refractivity contribution in [1.29, 1.82) is 0 Å². The van der Waals surface area contributed by atoms with E-state index < -0.39 is 0 Å². The average molecular weight is 246 g/mol. The first-order valence-electron chi connectivity index (χ1n) is 6.10. The summed E-state index contributed by atoms with van der Waals surface area (Å²) in [5, 5.41) is 0. The maximum absolute atomic E-state index is 11.0. The Morgan fingerprint density at radius 1 is 0.947 bits per heavy atom. The van der Waals surface area contributed by atoms with E-state index in [2.05, 4.69) is 11.8 Å². The summed E-state index contributed by atoms with van der Waals surface area (Å²) in [6, 6.07) is 19.5. The third-order valence-corrected chi connectivity index (χ3v) is 2.74. The molecule has 0 fully saturated rings. The summed E-state index contributed by atoms with van der Waals surface area (Å²) >= 11 is 0. The quantitative estimate of drug-likeness (QED) is 0.448. The largest absolute Gasteiger partial charge is 0.298 e. The lowest BCUT2D eigenvalue weighted by Crippen LogP contribution is -1.88. The van der Waals surface area contributed by atoms with E-state index in [1.807, 2.05) is 60.7 Å². The Balaban J connectivity index is 2.43. The molecular weight excluding hydrogens is 232 g/mol. The summed E-state index contributed by atoms with van der Waals surface area (Å²) in [5.41, 5.74) is 3.33.